The van der Waals surface area contributed by atoms with Gasteiger partial charge in [0, 0.05) is 10.0 Å². The molecule has 1 aromatic rings. The molecule has 90 valence electrons. The Kier molecular flexibility index (Phi) is 5.14. The Labute approximate surface area is 109 Å². The normalized spacial score (nSPS) is 14.9. The smallest absolute Gasteiger partial charge is 0.0444 e. The minimum Gasteiger partial charge on any atom is -0.0840 e. The Morgan fingerprint density at radius 2 is 1.19 bits per heavy atom. The van der Waals surface area contributed by atoms with Crippen molar-refractivity contribution in [1.29, 1.82) is 0 Å². The van der Waals surface area contributed by atoms with Crippen LogP contribution in [0.4, 0.5) is 0 Å². The van der Waals surface area contributed by atoms with E-state index in [4.69, 9.17) is 23.2 Å². The van der Waals surface area contributed by atoms with E-state index < -0.39 is 0 Å². The van der Waals surface area contributed by atoms with E-state index in [-0.39, 0.29) is 0 Å². The van der Waals surface area contributed by atoms with Crippen molar-refractivity contribution in [3.8, 4) is 0 Å². The van der Waals surface area contributed by atoms with Crippen molar-refractivity contribution in [2.45, 2.75) is 52.4 Å². The van der Waals surface area contributed by atoms with Gasteiger partial charge in [0.2, 0.25) is 0 Å². The Morgan fingerprint density at radius 1 is 0.875 bits per heavy atom. The fraction of sp³-hybridized carbons (Fsp3) is 0.571. The standard InChI is InChI=1S/C14H20Cl2/c1-5-9(3)11-7-14(16)12(8-13(11)15)10(4)6-2/h7-10H,5-6H2,1-4H3. The molecule has 0 saturated heterocycles. The van der Waals surface area contributed by atoms with Gasteiger partial charge < -0.3 is 0 Å². The first-order chi connectivity index (χ1) is 7.51. The molecule has 16 heavy (non-hydrogen) atoms. The Bertz CT molecular complexity index is 322. The Hall–Kier alpha value is -0.200. The van der Waals surface area contributed by atoms with Gasteiger partial charge in [0.15, 0.2) is 0 Å². The molecule has 0 heterocycles. The van der Waals surface area contributed by atoms with Crippen LogP contribution >= 0.6 is 23.2 Å². The van der Waals surface area contributed by atoms with E-state index >= 15 is 0 Å². The zero-order chi connectivity index (χ0) is 12.3. The zero-order valence-corrected chi connectivity index (χ0v) is 12.0. The molecule has 0 aromatic heterocycles. The molecule has 0 nitrogen and oxygen atoms in total. The van der Waals surface area contributed by atoms with E-state index in [0.29, 0.717) is 11.8 Å². The molecular formula is C14H20Cl2. The van der Waals surface area contributed by atoms with E-state index in [9.17, 15) is 0 Å². The topological polar surface area (TPSA) is 0 Å². The maximum Gasteiger partial charge on any atom is 0.0444 e. The van der Waals surface area contributed by atoms with Crippen LogP contribution in [0, 0.1) is 0 Å². The van der Waals surface area contributed by atoms with Crippen molar-refractivity contribution in [3.05, 3.63) is 33.3 Å². The van der Waals surface area contributed by atoms with Crippen molar-refractivity contribution < 1.29 is 0 Å². The minimum absolute atomic E-state index is 0.469. The lowest BCUT2D eigenvalue weighted by Crippen LogP contribution is -1.98. The van der Waals surface area contributed by atoms with Crippen LogP contribution in [0.3, 0.4) is 0 Å². The van der Waals surface area contributed by atoms with Crippen molar-refractivity contribution in [3.63, 3.8) is 0 Å². The van der Waals surface area contributed by atoms with Gasteiger partial charge in [-0.2, -0.15) is 0 Å². The molecule has 0 aliphatic carbocycles. The summed E-state index contributed by atoms with van der Waals surface area (Å²) in [6.45, 7) is 8.69. The molecule has 0 saturated carbocycles. The predicted octanol–water partition coefficient (Wildman–Crippen LogP) is 6.02. The summed E-state index contributed by atoms with van der Waals surface area (Å²) in [4.78, 5) is 0. The van der Waals surface area contributed by atoms with Gasteiger partial charge in [-0.25, -0.2) is 0 Å². The number of hydrogen-bond acceptors (Lipinski definition) is 0. The van der Waals surface area contributed by atoms with Crippen LogP contribution in [0.1, 0.15) is 63.5 Å². The highest BCUT2D eigenvalue weighted by molar-refractivity contribution is 6.34. The Morgan fingerprint density at radius 3 is 1.44 bits per heavy atom. The third kappa shape index (κ3) is 2.93. The van der Waals surface area contributed by atoms with E-state index in [0.717, 1.165) is 22.9 Å². The molecule has 0 fully saturated rings. The third-order valence-electron chi connectivity index (χ3n) is 3.40. The molecule has 0 radical (unpaired) electrons. The second kappa shape index (κ2) is 5.93. The number of rotatable bonds is 4. The van der Waals surface area contributed by atoms with Crippen molar-refractivity contribution in [2.24, 2.45) is 0 Å². The molecule has 0 bridgehead atoms. The van der Waals surface area contributed by atoms with Crippen molar-refractivity contribution in [2.75, 3.05) is 0 Å². The van der Waals surface area contributed by atoms with Crippen LogP contribution in [0.5, 0.6) is 0 Å². The first-order valence-electron chi connectivity index (χ1n) is 6.00. The van der Waals surface area contributed by atoms with Gasteiger partial charge in [0.25, 0.3) is 0 Å². The van der Waals surface area contributed by atoms with Crippen molar-refractivity contribution >= 4 is 23.2 Å². The molecule has 1 aromatic carbocycles. The van der Waals surface area contributed by atoms with E-state index in [1.54, 1.807) is 0 Å². The maximum atomic E-state index is 6.32. The van der Waals surface area contributed by atoms with Gasteiger partial charge in [-0.1, -0.05) is 50.9 Å². The van der Waals surface area contributed by atoms with E-state index in [1.807, 2.05) is 12.1 Å². The minimum atomic E-state index is 0.469. The monoisotopic (exact) mass is 258 g/mol. The zero-order valence-electron chi connectivity index (χ0n) is 10.5. The molecule has 0 spiro atoms. The molecule has 1 rings (SSSR count). The van der Waals surface area contributed by atoms with Gasteiger partial charge in [0.1, 0.15) is 0 Å². The first kappa shape index (κ1) is 13.9. The van der Waals surface area contributed by atoms with Crippen LogP contribution in [0.15, 0.2) is 12.1 Å². The highest BCUT2D eigenvalue weighted by Crippen LogP contribution is 2.35. The summed E-state index contributed by atoms with van der Waals surface area (Å²) in [5.74, 6) is 0.937. The fourth-order valence-electron chi connectivity index (χ4n) is 1.77. The van der Waals surface area contributed by atoms with Gasteiger partial charge in [-0.05, 0) is 47.9 Å². The SMILES string of the molecule is CCC(C)c1cc(Cl)c(C(C)CC)cc1Cl. The lowest BCUT2D eigenvalue weighted by molar-refractivity contribution is 0.720. The summed E-state index contributed by atoms with van der Waals surface area (Å²) in [7, 11) is 0. The second-order valence-corrected chi connectivity index (χ2v) is 5.33. The van der Waals surface area contributed by atoms with Gasteiger partial charge in [0.05, 0.1) is 0 Å². The van der Waals surface area contributed by atoms with Crippen LogP contribution in [0.2, 0.25) is 10.0 Å². The first-order valence-corrected chi connectivity index (χ1v) is 6.75. The van der Waals surface area contributed by atoms with Gasteiger partial charge >= 0.3 is 0 Å². The molecule has 0 aliphatic rings. The van der Waals surface area contributed by atoms with Gasteiger partial charge in [-0.3, -0.25) is 0 Å². The lowest BCUT2D eigenvalue weighted by Gasteiger charge is -2.17. The summed E-state index contributed by atoms with van der Waals surface area (Å²) in [6.07, 6.45) is 2.16. The molecule has 2 heteroatoms. The van der Waals surface area contributed by atoms with Crippen LogP contribution in [-0.2, 0) is 0 Å². The summed E-state index contributed by atoms with van der Waals surface area (Å²) in [5.41, 5.74) is 2.34. The van der Waals surface area contributed by atoms with Crippen LogP contribution in [-0.4, -0.2) is 0 Å². The summed E-state index contributed by atoms with van der Waals surface area (Å²) in [5, 5.41) is 1.71. The molecule has 0 N–H and O–H groups in total. The highest BCUT2D eigenvalue weighted by atomic mass is 35.5. The van der Waals surface area contributed by atoms with Gasteiger partial charge in [-0.15, -0.1) is 0 Å². The number of benzene rings is 1. The highest BCUT2D eigenvalue weighted by Gasteiger charge is 2.14. The molecule has 2 atom stereocenters. The number of hydrogen-bond donors (Lipinski definition) is 0. The summed E-state index contributed by atoms with van der Waals surface area (Å²) >= 11 is 12.6. The maximum absolute atomic E-state index is 6.32. The van der Waals surface area contributed by atoms with Crippen molar-refractivity contribution in [1.82, 2.24) is 0 Å². The van der Waals surface area contributed by atoms with Crippen LogP contribution in [0.25, 0.3) is 0 Å². The predicted molar refractivity (Wildman–Crippen MR) is 73.9 cm³/mol. The average Bonchev–Trinajstić information content (AvgIpc) is 2.29. The number of halogens is 2. The molecule has 2 unspecified atom stereocenters. The molecule has 0 aliphatic heterocycles. The Balaban J connectivity index is 3.16. The largest absolute Gasteiger partial charge is 0.0840 e. The van der Waals surface area contributed by atoms with E-state index in [1.165, 1.54) is 11.1 Å². The lowest BCUT2D eigenvalue weighted by atomic mass is 9.93. The average molecular weight is 259 g/mol. The second-order valence-electron chi connectivity index (χ2n) is 4.51. The van der Waals surface area contributed by atoms with E-state index in [2.05, 4.69) is 27.7 Å². The molecular weight excluding hydrogens is 239 g/mol. The summed E-state index contributed by atoms with van der Waals surface area (Å²) in [6, 6.07) is 4.08. The summed E-state index contributed by atoms with van der Waals surface area (Å²) < 4.78 is 0. The third-order valence-corrected chi connectivity index (χ3v) is 4.06. The fourth-order valence-corrected chi connectivity index (χ4v) is 2.49. The van der Waals surface area contributed by atoms with Crippen LogP contribution < -0.4 is 0 Å². The molecule has 0 amide bonds. The quantitative estimate of drug-likeness (QED) is 0.620.